The Labute approximate surface area is 239 Å². The van der Waals surface area contributed by atoms with Crippen molar-refractivity contribution in [2.24, 2.45) is 0 Å². The van der Waals surface area contributed by atoms with Crippen LogP contribution in [-0.4, -0.2) is 60.9 Å². The van der Waals surface area contributed by atoms with Crippen LogP contribution >= 0.6 is 11.8 Å². The number of nitrogens with one attached hydrogen (secondary N) is 1. The number of aromatic nitrogens is 2. The number of rotatable bonds is 7. The molecule has 212 valence electrons. The lowest BCUT2D eigenvalue weighted by Gasteiger charge is -2.25. The molecule has 0 radical (unpaired) electrons. The molecule has 3 heterocycles. The number of nitrogens with zero attached hydrogens (tertiary/aromatic N) is 3. The molecule has 3 aromatic rings. The molecule has 2 aliphatic heterocycles. The first-order valence-electron chi connectivity index (χ1n) is 13.4. The Kier molecular flexibility index (Phi) is 7.83. The second kappa shape index (κ2) is 11.2. The molecule has 0 aliphatic carbocycles. The number of hydrogen-bond acceptors (Lipinski definition) is 7. The van der Waals surface area contributed by atoms with Crippen LogP contribution in [0.15, 0.2) is 36.4 Å². The van der Waals surface area contributed by atoms with Gasteiger partial charge in [0.05, 0.1) is 29.0 Å². The van der Waals surface area contributed by atoms with Crippen molar-refractivity contribution in [1.82, 2.24) is 15.1 Å². The number of thioether (sulfide) groups is 1. The Bertz CT molecular complexity index is 1440. The molecule has 2 aromatic carbocycles. The van der Waals surface area contributed by atoms with E-state index in [1.807, 2.05) is 35.0 Å². The van der Waals surface area contributed by atoms with Crippen molar-refractivity contribution >= 4 is 29.4 Å². The van der Waals surface area contributed by atoms with Crippen molar-refractivity contribution in [3.05, 3.63) is 64.3 Å². The highest BCUT2D eigenvalue weighted by atomic mass is 32.2. The van der Waals surface area contributed by atoms with Gasteiger partial charge in [0.25, 0.3) is 0 Å². The molecule has 0 saturated heterocycles. The zero-order chi connectivity index (χ0) is 28.6. The highest BCUT2D eigenvalue weighted by molar-refractivity contribution is 8.00. The van der Waals surface area contributed by atoms with Crippen molar-refractivity contribution in [1.29, 1.82) is 0 Å². The summed E-state index contributed by atoms with van der Waals surface area (Å²) in [6, 6.07) is 12.0. The Balaban J connectivity index is 1.74. The molecule has 5 rings (SSSR count). The predicted molar refractivity (Wildman–Crippen MR) is 156 cm³/mol. The number of carbonyl (C=O) groups is 2. The topological polar surface area (TPSA) is 94.9 Å². The van der Waals surface area contributed by atoms with Crippen LogP contribution in [0.5, 0.6) is 11.5 Å². The summed E-state index contributed by atoms with van der Waals surface area (Å²) in [5, 5.41) is 7.84. The molecule has 0 spiro atoms. The van der Waals surface area contributed by atoms with Crippen LogP contribution < -0.4 is 19.7 Å². The summed E-state index contributed by atoms with van der Waals surface area (Å²) in [6.07, 6.45) is 0. The van der Waals surface area contributed by atoms with E-state index in [1.54, 1.807) is 12.0 Å². The van der Waals surface area contributed by atoms with Gasteiger partial charge in [-0.05, 0) is 48.7 Å². The van der Waals surface area contributed by atoms with Crippen molar-refractivity contribution in [3.8, 4) is 17.2 Å². The summed E-state index contributed by atoms with van der Waals surface area (Å²) in [5.74, 6) is 1.81. The number of carbonyl (C=O) groups excluding carboxylic acids is 2. The molecule has 9 nitrogen and oxygen atoms in total. The van der Waals surface area contributed by atoms with E-state index in [0.29, 0.717) is 30.5 Å². The van der Waals surface area contributed by atoms with Crippen LogP contribution in [0.3, 0.4) is 0 Å². The van der Waals surface area contributed by atoms with E-state index >= 15 is 0 Å². The third kappa shape index (κ3) is 5.30. The molecule has 10 heteroatoms. The Hall–Kier alpha value is -3.50. The average Bonchev–Trinajstić information content (AvgIpc) is 3.51. The summed E-state index contributed by atoms with van der Waals surface area (Å²) in [4.78, 5) is 28.5. The van der Waals surface area contributed by atoms with Gasteiger partial charge in [-0.25, -0.2) is 4.68 Å². The summed E-state index contributed by atoms with van der Waals surface area (Å²) in [6.45, 7) is 11.3. The normalized spacial score (nSPS) is 16.6. The van der Waals surface area contributed by atoms with Crippen molar-refractivity contribution in [2.75, 3.05) is 44.3 Å². The second-order valence-electron chi connectivity index (χ2n) is 11.1. The lowest BCUT2D eigenvalue weighted by molar-refractivity contribution is -0.123. The first-order valence-corrected chi connectivity index (χ1v) is 14.4. The quantitative estimate of drug-likeness (QED) is 0.424. The third-order valence-electron chi connectivity index (χ3n) is 7.23. The Morgan fingerprint density at radius 1 is 1.18 bits per heavy atom. The van der Waals surface area contributed by atoms with E-state index in [-0.39, 0.29) is 41.6 Å². The van der Waals surface area contributed by atoms with Crippen molar-refractivity contribution in [2.45, 2.75) is 45.3 Å². The number of anilines is 1. The first-order chi connectivity index (χ1) is 19.1. The average molecular weight is 565 g/mol. The fourth-order valence-corrected chi connectivity index (χ4v) is 6.23. The van der Waals surface area contributed by atoms with Gasteiger partial charge in [-0.15, -0.1) is 11.8 Å². The largest absolute Gasteiger partial charge is 0.454 e. The predicted octanol–water partition coefficient (Wildman–Crippen LogP) is 4.45. The van der Waals surface area contributed by atoms with Crippen LogP contribution in [0, 0.1) is 13.8 Å². The minimum absolute atomic E-state index is 0.121. The van der Waals surface area contributed by atoms with Gasteiger partial charge in [0.2, 0.25) is 18.6 Å². The van der Waals surface area contributed by atoms with Crippen LogP contribution in [0.2, 0.25) is 0 Å². The van der Waals surface area contributed by atoms with Gasteiger partial charge in [-0.1, -0.05) is 39.0 Å². The summed E-state index contributed by atoms with van der Waals surface area (Å²) in [5.41, 5.74) is 5.49. The second-order valence-corrected chi connectivity index (χ2v) is 12.2. The SMILES string of the molecule is COCCNC(=O)CN1C(=O)CSC(c2ccc3c(c2)OCO3)c2c(C(C)(C)C)nn(-c3cccc(C)c3C)c21. The highest BCUT2D eigenvalue weighted by Crippen LogP contribution is 2.50. The Morgan fingerprint density at radius 3 is 2.70 bits per heavy atom. The molecule has 0 fully saturated rings. The number of fused-ring (bicyclic) bond motifs is 2. The maximum absolute atomic E-state index is 13.8. The maximum Gasteiger partial charge on any atom is 0.240 e. The zero-order valence-electron chi connectivity index (χ0n) is 23.9. The van der Waals surface area contributed by atoms with Gasteiger partial charge in [0.1, 0.15) is 12.4 Å². The molecular weight excluding hydrogens is 528 g/mol. The van der Waals surface area contributed by atoms with Gasteiger partial charge in [0.15, 0.2) is 11.5 Å². The molecule has 1 aromatic heterocycles. The number of aryl methyl sites for hydroxylation is 1. The number of ether oxygens (including phenoxy) is 3. The zero-order valence-corrected chi connectivity index (χ0v) is 24.7. The summed E-state index contributed by atoms with van der Waals surface area (Å²) >= 11 is 1.54. The van der Waals surface area contributed by atoms with Gasteiger partial charge in [0, 0.05) is 24.6 Å². The molecule has 40 heavy (non-hydrogen) atoms. The van der Waals surface area contributed by atoms with Crippen LogP contribution in [0.1, 0.15) is 54.0 Å². The van der Waals surface area contributed by atoms with E-state index < -0.39 is 0 Å². The van der Waals surface area contributed by atoms with Gasteiger partial charge in [-0.3, -0.25) is 14.5 Å². The molecule has 0 saturated carbocycles. The fourth-order valence-electron chi connectivity index (χ4n) is 5.04. The van der Waals surface area contributed by atoms with E-state index in [0.717, 1.165) is 33.6 Å². The lowest BCUT2D eigenvalue weighted by atomic mass is 9.87. The minimum atomic E-state index is -0.345. The smallest absolute Gasteiger partial charge is 0.240 e. The van der Waals surface area contributed by atoms with Crippen LogP contribution in [0.25, 0.3) is 5.69 Å². The van der Waals surface area contributed by atoms with E-state index in [1.165, 1.54) is 11.8 Å². The highest BCUT2D eigenvalue weighted by Gasteiger charge is 2.40. The minimum Gasteiger partial charge on any atom is -0.454 e. The van der Waals surface area contributed by atoms with Crippen LogP contribution in [-0.2, 0) is 19.7 Å². The molecule has 2 amide bonds. The van der Waals surface area contributed by atoms with E-state index in [9.17, 15) is 9.59 Å². The van der Waals surface area contributed by atoms with Gasteiger partial charge < -0.3 is 19.5 Å². The molecule has 1 unspecified atom stereocenters. The van der Waals surface area contributed by atoms with E-state index in [2.05, 4.69) is 46.0 Å². The summed E-state index contributed by atoms with van der Waals surface area (Å²) in [7, 11) is 1.58. The van der Waals surface area contributed by atoms with Crippen molar-refractivity contribution in [3.63, 3.8) is 0 Å². The number of hydrogen-bond donors (Lipinski definition) is 1. The van der Waals surface area contributed by atoms with Gasteiger partial charge in [-0.2, -0.15) is 5.10 Å². The maximum atomic E-state index is 13.8. The summed E-state index contributed by atoms with van der Waals surface area (Å²) < 4.78 is 18.2. The monoisotopic (exact) mass is 564 g/mol. The molecule has 1 N–H and O–H groups in total. The van der Waals surface area contributed by atoms with Gasteiger partial charge >= 0.3 is 0 Å². The number of methoxy groups -OCH3 is 1. The third-order valence-corrected chi connectivity index (χ3v) is 8.49. The molecule has 2 aliphatic rings. The van der Waals surface area contributed by atoms with Crippen LogP contribution in [0.4, 0.5) is 5.82 Å². The number of benzene rings is 2. The van der Waals surface area contributed by atoms with E-state index in [4.69, 9.17) is 19.3 Å². The fraction of sp³-hybridized carbons (Fsp3) is 0.433. The first kappa shape index (κ1) is 28.0. The standard InChI is InChI=1S/C30H36N4O5S/c1-18-8-7-9-21(19(18)2)34-29-26(28(32-34)30(3,4)5)27(20-10-11-22-23(14-20)39-17-38-22)40-16-25(36)33(29)15-24(35)31-12-13-37-6/h7-11,14,27H,12-13,15-17H2,1-6H3,(H,31,35). The Morgan fingerprint density at radius 2 is 1.95 bits per heavy atom. The van der Waals surface area contributed by atoms with Crippen molar-refractivity contribution < 1.29 is 23.8 Å². The molecule has 1 atom stereocenters. The molecular formula is C30H36N4O5S. The lowest BCUT2D eigenvalue weighted by Crippen LogP contribution is -2.43. The molecule has 0 bridgehead atoms. The number of amides is 2.